The zero-order valence-corrected chi connectivity index (χ0v) is 16.0. The SMILES string of the molecule is NC(=O)CC(Cc1nc2ccc(Cl)cc2[nH]1)c1ccc(-c2ccccc2)cc1. The van der Waals surface area contributed by atoms with Gasteiger partial charge in [-0.05, 0) is 40.8 Å². The molecule has 3 aromatic carbocycles. The van der Waals surface area contributed by atoms with Crippen LogP contribution in [0.4, 0.5) is 0 Å². The smallest absolute Gasteiger partial charge is 0.218 e. The monoisotopic (exact) mass is 389 g/mol. The Morgan fingerprint density at radius 1 is 1.00 bits per heavy atom. The van der Waals surface area contributed by atoms with Crippen LogP contribution in [-0.2, 0) is 11.2 Å². The minimum Gasteiger partial charge on any atom is -0.370 e. The number of nitrogens with two attached hydrogens (primary N) is 1. The number of rotatable bonds is 6. The third-order valence-corrected chi connectivity index (χ3v) is 5.10. The number of fused-ring (bicyclic) bond motifs is 1. The van der Waals surface area contributed by atoms with Crippen LogP contribution in [0.15, 0.2) is 72.8 Å². The predicted octanol–water partition coefficient (Wildman–Crippen LogP) is 5.09. The van der Waals surface area contributed by atoms with Crippen LogP contribution in [0.1, 0.15) is 23.7 Å². The first kappa shape index (κ1) is 18.3. The fourth-order valence-electron chi connectivity index (χ4n) is 3.49. The number of carbonyl (C=O) groups is 1. The number of aromatic amines is 1. The van der Waals surface area contributed by atoms with E-state index in [0.717, 1.165) is 33.5 Å². The van der Waals surface area contributed by atoms with Crippen LogP contribution in [0.25, 0.3) is 22.2 Å². The minimum absolute atomic E-state index is 0.0432. The Kier molecular flexibility index (Phi) is 5.13. The Balaban J connectivity index is 1.61. The zero-order chi connectivity index (χ0) is 19.5. The number of amides is 1. The summed E-state index contributed by atoms with van der Waals surface area (Å²) in [6.07, 6.45) is 0.863. The summed E-state index contributed by atoms with van der Waals surface area (Å²) in [6.45, 7) is 0. The molecule has 5 heteroatoms. The molecular formula is C23H20ClN3O. The highest BCUT2D eigenvalue weighted by Crippen LogP contribution is 2.28. The van der Waals surface area contributed by atoms with E-state index in [9.17, 15) is 4.79 Å². The molecule has 0 bridgehead atoms. The molecule has 0 spiro atoms. The third-order valence-electron chi connectivity index (χ3n) is 4.87. The average Bonchev–Trinajstić information content (AvgIpc) is 3.09. The van der Waals surface area contributed by atoms with E-state index in [2.05, 4.69) is 46.4 Å². The van der Waals surface area contributed by atoms with Crippen LogP contribution in [0.5, 0.6) is 0 Å². The van der Waals surface area contributed by atoms with Gasteiger partial charge in [-0.3, -0.25) is 4.79 Å². The third kappa shape index (κ3) is 4.07. The van der Waals surface area contributed by atoms with Gasteiger partial charge in [0.2, 0.25) is 5.91 Å². The van der Waals surface area contributed by atoms with Crippen molar-refractivity contribution in [3.8, 4) is 11.1 Å². The Morgan fingerprint density at radius 3 is 2.43 bits per heavy atom. The molecule has 4 rings (SSSR count). The molecule has 1 aromatic heterocycles. The highest BCUT2D eigenvalue weighted by molar-refractivity contribution is 6.31. The van der Waals surface area contributed by atoms with E-state index in [0.29, 0.717) is 11.4 Å². The first-order chi connectivity index (χ1) is 13.6. The van der Waals surface area contributed by atoms with Crippen LogP contribution in [0, 0.1) is 0 Å². The maximum absolute atomic E-state index is 11.7. The van der Waals surface area contributed by atoms with E-state index in [-0.39, 0.29) is 18.2 Å². The molecule has 28 heavy (non-hydrogen) atoms. The molecule has 1 atom stereocenters. The summed E-state index contributed by atoms with van der Waals surface area (Å²) < 4.78 is 0. The molecule has 1 amide bonds. The number of halogens is 1. The van der Waals surface area contributed by atoms with Gasteiger partial charge in [0.15, 0.2) is 0 Å². The van der Waals surface area contributed by atoms with E-state index >= 15 is 0 Å². The lowest BCUT2D eigenvalue weighted by atomic mass is 9.90. The standard InChI is InChI=1S/C23H20ClN3O/c24-19-10-11-20-21(14-19)27-23(26-20)13-18(12-22(25)28)17-8-6-16(7-9-17)15-4-2-1-3-5-15/h1-11,14,18H,12-13H2,(H2,25,28)(H,26,27). The number of imidazole rings is 1. The van der Waals surface area contributed by atoms with Crippen molar-refractivity contribution in [2.75, 3.05) is 0 Å². The topological polar surface area (TPSA) is 71.8 Å². The summed E-state index contributed by atoms with van der Waals surface area (Å²) in [5, 5.41) is 0.660. The van der Waals surface area contributed by atoms with Crippen molar-refractivity contribution in [1.82, 2.24) is 9.97 Å². The van der Waals surface area contributed by atoms with E-state index < -0.39 is 0 Å². The largest absolute Gasteiger partial charge is 0.370 e. The highest BCUT2D eigenvalue weighted by atomic mass is 35.5. The molecule has 3 N–H and O–H groups in total. The van der Waals surface area contributed by atoms with Crippen molar-refractivity contribution in [2.45, 2.75) is 18.8 Å². The van der Waals surface area contributed by atoms with Gasteiger partial charge in [-0.1, -0.05) is 66.2 Å². The van der Waals surface area contributed by atoms with Crippen molar-refractivity contribution < 1.29 is 4.79 Å². The maximum atomic E-state index is 11.7. The number of aromatic nitrogens is 2. The van der Waals surface area contributed by atoms with E-state index in [1.807, 2.05) is 36.4 Å². The molecule has 140 valence electrons. The fraction of sp³-hybridized carbons (Fsp3) is 0.130. The Morgan fingerprint density at radius 2 is 1.71 bits per heavy atom. The number of H-pyrrole nitrogens is 1. The number of hydrogen-bond donors (Lipinski definition) is 2. The van der Waals surface area contributed by atoms with Gasteiger partial charge in [0.05, 0.1) is 11.0 Å². The van der Waals surface area contributed by atoms with Gasteiger partial charge in [-0.15, -0.1) is 0 Å². The van der Waals surface area contributed by atoms with Crippen molar-refractivity contribution >= 4 is 28.5 Å². The number of benzene rings is 3. The predicted molar refractivity (Wildman–Crippen MR) is 113 cm³/mol. The van der Waals surface area contributed by atoms with Gasteiger partial charge < -0.3 is 10.7 Å². The summed E-state index contributed by atoms with van der Waals surface area (Å²) in [5.41, 5.74) is 10.6. The quantitative estimate of drug-likeness (QED) is 0.482. The Labute approximate surface area is 168 Å². The van der Waals surface area contributed by atoms with Gasteiger partial charge in [-0.25, -0.2) is 4.98 Å². The van der Waals surface area contributed by atoms with Gasteiger partial charge in [0, 0.05) is 17.9 Å². The molecule has 4 nitrogen and oxygen atoms in total. The Hall–Kier alpha value is -3.11. The summed E-state index contributed by atoms with van der Waals surface area (Å²) in [7, 11) is 0. The van der Waals surface area contributed by atoms with Crippen molar-refractivity contribution in [1.29, 1.82) is 0 Å². The molecule has 0 fully saturated rings. The van der Waals surface area contributed by atoms with Crippen molar-refractivity contribution in [3.05, 3.63) is 89.2 Å². The second-order valence-corrected chi connectivity index (χ2v) is 7.34. The number of nitrogens with zero attached hydrogens (tertiary/aromatic N) is 1. The Bertz CT molecular complexity index is 1100. The van der Waals surface area contributed by atoms with E-state index in [4.69, 9.17) is 17.3 Å². The molecular weight excluding hydrogens is 370 g/mol. The highest BCUT2D eigenvalue weighted by Gasteiger charge is 2.18. The maximum Gasteiger partial charge on any atom is 0.218 e. The molecule has 0 aliphatic carbocycles. The van der Waals surface area contributed by atoms with E-state index in [1.54, 1.807) is 0 Å². The molecule has 4 aromatic rings. The summed E-state index contributed by atoms with van der Waals surface area (Å²) >= 11 is 6.05. The second-order valence-electron chi connectivity index (χ2n) is 6.90. The van der Waals surface area contributed by atoms with Gasteiger partial charge >= 0.3 is 0 Å². The fourth-order valence-corrected chi connectivity index (χ4v) is 3.67. The molecule has 0 aliphatic heterocycles. The van der Waals surface area contributed by atoms with Gasteiger partial charge in [0.25, 0.3) is 0 Å². The zero-order valence-electron chi connectivity index (χ0n) is 15.2. The lowest BCUT2D eigenvalue weighted by Crippen LogP contribution is -2.17. The summed E-state index contributed by atoms with van der Waals surface area (Å²) in [6, 6.07) is 24.0. The molecule has 0 saturated heterocycles. The molecule has 0 saturated carbocycles. The lowest BCUT2D eigenvalue weighted by molar-refractivity contribution is -0.118. The normalized spacial score (nSPS) is 12.2. The average molecular weight is 390 g/mol. The summed E-state index contributed by atoms with van der Waals surface area (Å²) in [4.78, 5) is 19.6. The number of primary amides is 1. The van der Waals surface area contributed by atoms with E-state index in [1.165, 1.54) is 0 Å². The number of nitrogens with one attached hydrogen (secondary N) is 1. The first-order valence-corrected chi connectivity index (χ1v) is 9.54. The second kappa shape index (κ2) is 7.87. The van der Waals surface area contributed by atoms with Crippen LogP contribution in [-0.4, -0.2) is 15.9 Å². The van der Waals surface area contributed by atoms with Crippen LogP contribution in [0.2, 0.25) is 5.02 Å². The lowest BCUT2D eigenvalue weighted by Gasteiger charge is -2.15. The molecule has 1 unspecified atom stereocenters. The van der Waals surface area contributed by atoms with Crippen molar-refractivity contribution in [3.63, 3.8) is 0 Å². The first-order valence-electron chi connectivity index (χ1n) is 9.16. The number of hydrogen-bond acceptors (Lipinski definition) is 2. The van der Waals surface area contributed by atoms with Gasteiger partial charge in [-0.2, -0.15) is 0 Å². The summed E-state index contributed by atoms with van der Waals surface area (Å²) in [5.74, 6) is 0.449. The molecule has 1 heterocycles. The molecule has 0 aliphatic rings. The van der Waals surface area contributed by atoms with Crippen LogP contribution >= 0.6 is 11.6 Å². The van der Waals surface area contributed by atoms with Crippen LogP contribution in [0.3, 0.4) is 0 Å². The number of carbonyl (C=O) groups excluding carboxylic acids is 1. The minimum atomic E-state index is -0.323. The van der Waals surface area contributed by atoms with Gasteiger partial charge in [0.1, 0.15) is 5.82 Å². The van der Waals surface area contributed by atoms with Crippen molar-refractivity contribution in [2.24, 2.45) is 5.73 Å². The molecule has 0 radical (unpaired) electrons. The van der Waals surface area contributed by atoms with Crippen LogP contribution < -0.4 is 5.73 Å².